The number of nitrogens with two attached hydrogens (primary N) is 1. The Bertz CT molecular complexity index is 582. The Morgan fingerprint density at radius 2 is 2.00 bits per heavy atom. The molecule has 100 valence electrons. The minimum atomic E-state index is -0.0732. The fourth-order valence-electron chi connectivity index (χ4n) is 2.53. The van der Waals surface area contributed by atoms with Crippen LogP contribution in [0.4, 0.5) is 5.69 Å². The average molecular weight is 277 g/mol. The first-order valence-corrected chi connectivity index (χ1v) is 5.95. The number of carbonyl (C=O) groups is 1. The van der Waals surface area contributed by atoms with Crippen LogP contribution in [0.5, 0.6) is 0 Å². The number of hydrogen-bond donors (Lipinski definition) is 1. The number of anilines is 1. The second kappa shape index (κ2) is 5.46. The third-order valence-electron chi connectivity index (χ3n) is 3.20. The Morgan fingerprint density at radius 1 is 1.32 bits per heavy atom. The number of hydrogen-bond acceptors (Lipinski definition) is 3. The van der Waals surface area contributed by atoms with Crippen molar-refractivity contribution < 1.29 is 4.79 Å². The summed E-state index contributed by atoms with van der Waals surface area (Å²) >= 11 is 0. The van der Waals surface area contributed by atoms with Gasteiger partial charge in [0, 0.05) is 17.7 Å². The highest BCUT2D eigenvalue weighted by Crippen LogP contribution is 2.40. The van der Waals surface area contributed by atoms with Crippen LogP contribution in [0.1, 0.15) is 37.8 Å². The first kappa shape index (κ1) is 15.3. The van der Waals surface area contributed by atoms with Crippen LogP contribution < -0.4 is 5.73 Å². The summed E-state index contributed by atoms with van der Waals surface area (Å²) in [6, 6.07) is 7.40. The lowest BCUT2D eigenvalue weighted by atomic mass is 9.74. The SMILES string of the molecule is CC1(C)CC(=O)C=C(c2c(N)cccc2C#N)C1.Cl. The van der Waals surface area contributed by atoms with Crippen molar-refractivity contribution in [2.45, 2.75) is 26.7 Å². The monoisotopic (exact) mass is 276 g/mol. The summed E-state index contributed by atoms with van der Waals surface area (Å²) in [5, 5.41) is 9.15. The summed E-state index contributed by atoms with van der Waals surface area (Å²) in [5.74, 6) is 0.105. The molecule has 0 spiro atoms. The molecule has 4 heteroatoms. The van der Waals surface area contributed by atoms with Crippen LogP contribution in [0.3, 0.4) is 0 Å². The van der Waals surface area contributed by atoms with Gasteiger partial charge in [-0.25, -0.2) is 0 Å². The van der Waals surface area contributed by atoms with Gasteiger partial charge in [0.15, 0.2) is 5.78 Å². The molecule has 0 bridgehead atoms. The Hall–Kier alpha value is -1.79. The van der Waals surface area contributed by atoms with Crippen LogP contribution in [0, 0.1) is 16.7 Å². The third kappa shape index (κ3) is 3.15. The van der Waals surface area contributed by atoms with Gasteiger partial charge >= 0.3 is 0 Å². The van der Waals surface area contributed by atoms with Crippen molar-refractivity contribution >= 4 is 29.5 Å². The van der Waals surface area contributed by atoms with Gasteiger partial charge in [0.1, 0.15) is 0 Å². The molecule has 3 nitrogen and oxygen atoms in total. The second-order valence-electron chi connectivity index (χ2n) is 5.54. The molecule has 1 aliphatic carbocycles. The van der Waals surface area contributed by atoms with E-state index in [1.54, 1.807) is 24.3 Å². The second-order valence-corrected chi connectivity index (χ2v) is 5.54. The van der Waals surface area contributed by atoms with E-state index in [0.29, 0.717) is 17.7 Å². The van der Waals surface area contributed by atoms with Crippen LogP contribution in [-0.2, 0) is 4.79 Å². The summed E-state index contributed by atoms with van der Waals surface area (Å²) < 4.78 is 0. The number of nitrogens with zero attached hydrogens (tertiary/aromatic N) is 1. The summed E-state index contributed by atoms with van der Waals surface area (Å²) in [6.07, 6.45) is 2.95. The molecule has 2 N–H and O–H groups in total. The topological polar surface area (TPSA) is 66.9 Å². The maximum Gasteiger partial charge on any atom is 0.156 e. The summed E-state index contributed by atoms with van der Waals surface area (Å²) in [7, 11) is 0. The fourth-order valence-corrected chi connectivity index (χ4v) is 2.53. The van der Waals surface area contributed by atoms with Crippen molar-refractivity contribution in [3.8, 4) is 6.07 Å². The Labute approximate surface area is 119 Å². The van der Waals surface area contributed by atoms with Crippen LogP contribution in [0.25, 0.3) is 5.57 Å². The number of nitriles is 1. The fraction of sp³-hybridized carbons (Fsp3) is 0.333. The standard InChI is InChI=1S/C15H16N2O.ClH/c1-15(2)7-11(6-12(18)8-15)14-10(9-16)4-3-5-13(14)17;/h3-6H,7-8,17H2,1-2H3;1H. The van der Waals surface area contributed by atoms with E-state index in [1.165, 1.54) is 0 Å². The molecule has 19 heavy (non-hydrogen) atoms. The molecule has 0 saturated carbocycles. The number of ketones is 1. The van der Waals surface area contributed by atoms with Crippen molar-refractivity contribution in [1.82, 2.24) is 0 Å². The molecule has 0 radical (unpaired) electrons. The van der Waals surface area contributed by atoms with Gasteiger partial charge in [0.2, 0.25) is 0 Å². The van der Waals surface area contributed by atoms with Gasteiger partial charge < -0.3 is 5.73 Å². The highest BCUT2D eigenvalue weighted by atomic mass is 35.5. The molecule has 0 aliphatic heterocycles. The van der Waals surface area contributed by atoms with Crippen LogP contribution in [0.2, 0.25) is 0 Å². The van der Waals surface area contributed by atoms with E-state index in [9.17, 15) is 4.79 Å². The Balaban J connectivity index is 0.00000180. The molecule has 1 aliphatic rings. The van der Waals surface area contributed by atoms with E-state index in [-0.39, 0.29) is 23.6 Å². The number of nitrogen functional groups attached to an aromatic ring is 1. The molecule has 0 aromatic heterocycles. The number of allylic oxidation sites excluding steroid dienone is 2. The molecule has 0 saturated heterocycles. The molecule has 0 unspecified atom stereocenters. The smallest absolute Gasteiger partial charge is 0.156 e. The molecule has 1 aromatic rings. The van der Waals surface area contributed by atoms with Gasteiger partial charge in [-0.2, -0.15) is 5.26 Å². The Kier molecular flexibility index (Phi) is 4.39. The number of rotatable bonds is 1. The molecule has 0 heterocycles. The summed E-state index contributed by atoms with van der Waals surface area (Å²) in [5.41, 5.74) is 8.58. The predicted molar refractivity (Wildman–Crippen MR) is 78.8 cm³/mol. The van der Waals surface area contributed by atoms with E-state index in [1.807, 2.05) is 0 Å². The van der Waals surface area contributed by atoms with Gasteiger partial charge in [0.05, 0.1) is 11.6 Å². The van der Waals surface area contributed by atoms with Crippen molar-refractivity contribution in [3.05, 3.63) is 35.4 Å². The van der Waals surface area contributed by atoms with Gasteiger partial charge in [-0.3, -0.25) is 4.79 Å². The zero-order valence-corrected chi connectivity index (χ0v) is 11.9. The summed E-state index contributed by atoms with van der Waals surface area (Å²) in [4.78, 5) is 11.8. The first-order valence-electron chi connectivity index (χ1n) is 5.95. The number of benzene rings is 1. The number of carbonyl (C=O) groups excluding carboxylic acids is 1. The quantitative estimate of drug-likeness (QED) is 0.800. The van der Waals surface area contributed by atoms with E-state index in [0.717, 1.165) is 17.6 Å². The minimum Gasteiger partial charge on any atom is -0.398 e. The predicted octanol–water partition coefficient (Wildman–Crippen LogP) is 3.33. The van der Waals surface area contributed by atoms with Crippen molar-refractivity contribution in [1.29, 1.82) is 5.26 Å². The van der Waals surface area contributed by atoms with E-state index in [4.69, 9.17) is 11.0 Å². The Morgan fingerprint density at radius 3 is 2.58 bits per heavy atom. The molecule has 0 atom stereocenters. The van der Waals surface area contributed by atoms with E-state index < -0.39 is 0 Å². The van der Waals surface area contributed by atoms with Gasteiger partial charge in [-0.1, -0.05) is 19.9 Å². The van der Waals surface area contributed by atoms with E-state index >= 15 is 0 Å². The lowest BCUT2D eigenvalue weighted by Crippen LogP contribution is -2.21. The number of halogens is 1. The highest BCUT2D eigenvalue weighted by Gasteiger charge is 2.29. The van der Waals surface area contributed by atoms with Gasteiger partial charge in [0.25, 0.3) is 0 Å². The van der Waals surface area contributed by atoms with Gasteiger partial charge in [-0.15, -0.1) is 12.4 Å². The van der Waals surface area contributed by atoms with Crippen LogP contribution in [0.15, 0.2) is 24.3 Å². The van der Waals surface area contributed by atoms with Crippen molar-refractivity contribution in [2.75, 3.05) is 5.73 Å². The molecular weight excluding hydrogens is 260 g/mol. The lowest BCUT2D eigenvalue weighted by Gasteiger charge is -2.29. The van der Waals surface area contributed by atoms with Crippen molar-refractivity contribution in [3.63, 3.8) is 0 Å². The van der Waals surface area contributed by atoms with Crippen LogP contribution >= 0.6 is 12.4 Å². The molecule has 0 amide bonds. The minimum absolute atomic E-state index is 0. The average Bonchev–Trinajstić information content (AvgIpc) is 2.25. The van der Waals surface area contributed by atoms with Crippen LogP contribution in [-0.4, -0.2) is 5.78 Å². The maximum atomic E-state index is 11.8. The maximum absolute atomic E-state index is 11.8. The first-order chi connectivity index (χ1) is 8.43. The lowest BCUT2D eigenvalue weighted by molar-refractivity contribution is -0.116. The molecule has 0 fully saturated rings. The zero-order chi connectivity index (χ0) is 13.3. The molecule has 2 rings (SSSR count). The van der Waals surface area contributed by atoms with E-state index in [2.05, 4.69) is 19.9 Å². The largest absolute Gasteiger partial charge is 0.398 e. The normalized spacial score (nSPS) is 17.1. The van der Waals surface area contributed by atoms with Crippen molar-refractivity contribution in [2.24, 2.45) is 5.41 Å². The highest BCUT2D eigenvalue weighted by molar-refractivity contribution is 6.00. The molecule has 1 aromatic carbocycles. The molecular formula is C15H17ClN2O. The zero-order valence-electron chi connectivity index (χ0n) is 11.1. The third-order valence-corrected chi connectivity index (χ3v) is 3.20. The van der Waals surface area contributed by atoms with Gasteiger partial charge in [-0.05, 0) is 35.6 Å². The summed E-state index contributed by atoms with van der Waals surface area (Å²) in [6.45, 7) is 4.12.